The fourth-order valence-corrected chi connectivity index (χ4v) is 6.54. The molecule has 3 aromatic rings. The van der Waals surface area contributed by atoms with E-state index in [1.807, 2.05) is 45.1 Å². The Morgan fingerprint density at radius 3 is 2.56 bits per heavy atom. The largest absolute Gasteiger partial charge is 0.507 e. The second-order valence-corrected chi connectivity index (χ2v) is 12.2. The minimum atomic E-state index is -0.886. The van der Waals surface area contributed by atoms with Crippen molar-refractivity contribution >= 4 is 46.4 Å². The highest BCUT2D eigenvalue weighted by Gasteiger charge is 2.35. The van der Waals surface area contributed by atoms with E-state index in [-0.39, 0.29) is 46.0 Å². The van der Waals surface area contributed by atoms with Crippen molar-refractivity contribution in [2.24, 2.45) is 10.9 Å². The van der Waals surface area contributed by atoms with Crippen LogP contribution in [0.25, 0.3) is 28.0 Å². The van der Waals surface area contributed by atoms with Gasteiger partial charge in [-0.1, -0.05) is 26.5 Å². The molecule has 1 N–H and O–H groups in total. The second-order valence-electron chi connectivity index (χ2n) is 11.1. The molecule has 0 aliphatic carbocycles. The molecule has 2 aliphatic heterocycles. The van der Waals surface area contributed by atoms with Gasteiger partial charge in [0.25, 0.3) is 0 Å². The number of hydrogen-bond donors (Lipinski definition) is 1. The predicted molar refractivity (Wildman–Crippen MR) is 167 cm³/mol. The number of aliphatic imine (C=N–C) groups is 1. The zero-order chi connectivity index (χ0) is 31.2. The molecule has 0 spiro atoms. The summed E-state index contributed by atoms with van der Waals surface area (Å²) in [4.78, 5) is 43.8. The number of phenolic OH excluding ortho intramolecular Hbond substituents is 1. The quantitative estimate of drug-likeness (QED) is 0.389. The number of allylic oxidation sites excluding steroid dienone is 1. The summed E-state index contributed by atoms with van der Waals surface area (Å²) < 4.78 is 32.3. The maximum atomic E-state index is 15.9. The molecule has 226 valence electrons. The van der Waals surface area contributed by atoms with Crippen molar-refractivity contribution in [3.05, 3.63) is 64.7 Å². The number of rotatable bonds is 6. The van der Waals surface area contributed by atoms with E-state index < -0.39 is 34.3 Å². The zero-order valence-corrected chi connectivity index (χ0v) is 25.5. The number of phenols is 1. The lowest BCUT2D eigenvalue weighted by molar-refractivity contribution is -0.128. The van der Waals surface area contributed by atoms with Crippen molar-refractivity contribution in [3.8, 4) is 17.0 Å². The van der Waals surface area contributed by atoms with E-state index in [1.54, 1.807) is 4.90 Å². The van der Waals surface area contributed by atoms with E-state index in [0.29, 0.717) is 30.9 Å². The number of amides is 1. The van der Waals surface area contributed by atoms with Gasteiger partial charge in [-0.05, 0) is 50.3 Å². The highest BCUT2D eigenvalue weighted by molar-refractivity contribution is 7.99. The average Bonchev–Trinajstić information content (AvgIpc) is 2.97. The number of aromatic hydroxyl groups is 1. The summed E-state index contributed by atoms with van der Waals surface area (Å²) in [5.74, 6) is -2.28. The summed E-state index contributed by atoms with van der Waals surface area (Å²) in [5.41, 5.74) is -0.142. The smallest absolute Gasteiger partial charge is 0.355 e. The lowest BCUT2D eigenvalue weighted by Crippen LogP contribution is -2.58. The molecule has 1 amide bonds. The van der Waals surface area contributed by atoms with Crippen molar-refractivity contribution in [1.82, 2.24) is 19.4 Å². The fraction of sp³-hybridized carbons (Fsp3) is 0.387. The zero-order valence-electron chi connectivity index (χ0n) is 24.7. The van der Waals surface area contributed by atoms with E-state index in [2.05, 4.69) is 21.5 Å². The lowest BCUT2D eigenvalue weighted by atomic mass is 10.0. The van der Waals surface area contributed by atoms with Crippen LogP contribution in [0.3, 0.4) is 0 Å². The normalized spacial score (nSPS) is 20.8. The summed E-state index contributed by atoms with van der Waals surface area (Å²) in [6.07, 6.45) is 5.57. The van der Waals surface area contributed by atoms with Crippen LogP contribution < -0.4 is 10.6 Å². The van der Waals surface area contributed by atoms with Crippen LogP contribution in [0.5, 0.6) is 5.75 Å². The summed E-state index contributed by atoms with van der Waals surface area (Å²) in [6, 6.07) is 4.33. The van der Waals surface area contributed by atoms with Crippen LogP contribution in [0.4, 0.5) is 14.6 Å². The third-order valence-electron chi connectivity index (χ3n) is 7.94. The van der Waals surface area contributed by atoms with Gasteiger partial charge in [0.05, 0.1) is 27.6 Å². The summed E-state index contributed by atoms with van der Waals surface area (Å²) in [6.45, 7) is 12.0. The molecule has 0 unspecified atom stereocenters. The number of piperazine rings is 1. The Balaban J connectivity index is 1.84. The number of carbonyl (C=O) groups excluding carboxylic acids is 1. The van der Waals surface area contributed by atoms with Crippen LogP contribution in [0.15, 0.2) is 52.4 Å². The third-order valence-corrected chi connectivity index (χ3v) is 8.92. The first-order valence-corrected chi connectivity index (χ1v) is 15.4. The second kappa shape index (κ2) is 11.9. The molecule has 4 heterocycles. The molecular formula is C31H34F2N6O3S. The molecule has 12 heteroatoms. The summed E-state index contributed by atoms with van der Waals surface area (Å²) in [5, 5.41) is 10.6. The highest BCUT2D eigenvalue weighted by atomic mass is 32.2. The van der Waals surface area contributed by atoms with Crippen LogP contribution in [-0.4, -0.2) is 73.3 Å². The summed E-state index contributed by atoms with van der Waals surface area (Å²) >= 11 is 1.54. The Hall–Kier alpha value is -4.06. The molecule has 2 aliphatic rings. The predicted octanol–water partition coefficient (Wildman–Crippen LogP) is 5.08. The van der Waals surface area contributed by atoms with Gasteiger partial charge in [0.15, 0.2) is 11.5 Å². The number of nitrogens with zero attached hydrogens (tertiary/aromatic N) is 6. The van der Waals surface area contributed by atoms with Crippen molar-refractivity contribution in [1.29, 1.82) is 0 Å². The molecule has 2 aromatic heterocycles. The topological polar surface area (TPSA) is 104 Å². The maximum absolute atomic E-state index is 15.9. The first-order valence-electron chi connectivity index (χ1n) is 14.1. The number of pyridine rings is 1. The molecule has 0 radical (unpaired) electrons. The number of hydrogen-bond acceptors (Lipinski definition) is 8. The number of aromatic nitrogens is 3. The minimum Gasteiger partial charge on any atom is -0.507 e. The van der Waals surface area contributed by atoms with Crippen LogP contribution in [-0.2, 0) is 4.79 Å². The first-order chi connectivity index (χ1) is 20.5. The van der Waals surface area contributed by atoms with Gasteiger partial charge in [0.1, 0.15) is 23.1 Å². The van der Waals surface area contributed by atoms with Crippen LogP contribution in [0, 0.1) is 17.6 Å². The van der Waals surface area contributed by atoms with E-state index in [0.717, 1.165) is 6.07 Å². The minimum absolute atomic E-state index is 0.0605. The highest BCUT2D eigenvalue weighted by Crippen LogP contribution is 2.39. The van der Waals surface area contributed by atoms with Gasteiger partial charge in [0, 0.05) is 37.8 Å². The van der Waals surface area contributed by atoms with Crippen molar-refractivity contribution in [2.75, 3.05) is 24.2 Å². The molecule has 1 aromatic carbocycles. The van der Waals surface area contributed by atoms with E-state index >= 15 is 8.78 Å². The van der Waals surface area contributed by atoms with Gasteiger partial charge in [0.2, 0.25) is 5.91 Å². The van der Waals surface area contributed by atoms with Gasteiger partial charge < -0.3 is 14.9 Å². The molecule has 9 nitrogen and oxygen atoms in total. The lowest BCUT2D eigenvalue weighted by Gasteiger charge is -2.44. The van der Waals surface area contributed by atoms with Gasteiger partial charge in [-0.2, -0.15) is 16.7 Å². The monoisotopic (exact) mass is 608 g/mol. The number of thioether (sulfide) groups is 1. The number of anilines is 1. The van der Waals surface area contributed by atoms with E-state index in [1.165, 1.54) is 40.6 Å². The van der Waals surface area contributed by atoms with Crippen LogP contribution >= 0.6 is 11.8 Å². The molecule has 43 heavy (non-hydrogen) atoms. The summed E-state index contributed by atoms with van der Waals surface area (Å²) in [7, 11) is 0. The Bertz CT molecular complexity index is 1720. The number of halogens is 2. The standard InChI is InChI=1S/C31H34F2N6O3S/c1-7-24(41)37-14-18(5)38(15-17(37)4)29-19-13-21(33)27(25-20(32)9-8-10-22(25)40)35-30(19)39(31(42)36-29)28-23(43-6)11-12-34-26(28)16(2)3/h7-10,12-13,16-18,23,40H,1,11,14-15H2,2-6H3/t17-,18+,23-/m1/s1. The third kappa shape index (κ3) is 5.32. The van der Waals surface area contributed by atoms with Gasteiger partial charge in [-0.3, -0.25) is 9.79 Å². The Kier molecular flexibility index (Phi) is 8.42. The van der Waals surface area contributed by atoms with Gasteiger partial charge in [-0.25, -0.2) is 23.1 Å². The molecule has 0 bridgehead atoms. The Labute approximate surface area is 252 Å². The Morgan fingerprint density at radius 1 is 1.16 bits per heavy atom. The molecular weight excluding hydrogens is 574 g/mol. The van der Waals surface area contributed by atoms with Crippen molar-refractivity contribution in [3.63, 3.8) is 0 Å². The van der Waals surface area contributed by atoms with Crippen LogP contribution in [0.1, 0.15) is 34.1 Å². The first kappa shape index (κ1) is 30.4. The Morgan fingerprint density at radius 2 is 1.91 bits per heavy atom. The molecule has 0 saturated carbocycles. The van der Waals surface area contributed by atoms with Crippen molar-refractivity contribution < 1.29 is 18.7 Å². The van der Waals surface area contributed by atoms with E-state index in [9.17, 15) is 14.7 Å². The molecule has 3 atom stereocenters. The number of fused-ring (bicyclic) bond motifs is 1. The molecule has 1 saturated heterocycles. The SMILES string of the molecule is C=CC(=O)N1C[C@H](C)N(c2nc(=O)n(C3=C(C(C)C)N=CC[C@H]3SC)c3nc(-c4c(O)cccc4F)c(F)cc23)C[C@H]1C. The van der Waals surface area contributed by atoms with Gasteiger partial charge in [-0.15, -0.1) is 0 Å². The fourth-order valence-electron chi connectivity index (χ4n) is 5.81. The average molecular weight is 609 g/mol. The van der Waals surface area contributed by atoms with Crippen LogP contribution in [0.2, 0.25) is 0 Å². The van der Waals surface area contributed by atoms with E-state index in [4.69, 9.17) is 0 Å². The molecule has 1 fully saturated rings. The van der Waals surface area contributed by atoms with Gasteiger partial charge >= 0.3 is 5.69 Å². The number of carbonyl (C=O) groups is 1. The van der Waals surface area contributed by atoms with Crippen molar-refractivity contribution in [2.45, 2.75) is 51.4 Å². The molecule has 5 rings (SSSR count). The number of benzene rings is 1. The maximum Gasteiger partial charge on any atom is 0.355 e.